The minimum Gasteiger partial charge on any atom is -0.398 e. The minimum atomic E-state index is -0.556. The van der Waals surface area contributed by atoms with E-state index in [-0.39, 0.29) is 23.0 Å². The number of hydrogen-bond acceptors (Lipinski definition) is 4. The van der Waals surface area contributed by atoms with E-state index < -0.39 is 11.6 Å². The first kappa shape index (κ1) is 12.3. The minimum absolute atomic E-state index is 0.0418. The van der Waals surface area contributed by atoms with Crippen molar-refractivity contribution < 1.29 is 13.3 Å². The Morgan fingerprint density at radius 2 is 1.85 bits per heavy atom. The average Bonchev–Trinajstić information content (AvgIpc) is 2.88. The predicted octanol–water partition coefficient (Wildman–Crippen LogP) is 3.26. The maximum absolute atomic E-state index is 13.7. The van der Waals surface area contributed by atoms with Crippen LogP contribution in [0, 0.1) is 11.6 Å². The van der Waals surface area contributed by atoms with E-state index in [1.165, 1.54) is 36.4 Å². The highest BCUT2D eigenvalue weighted by molar-refractivity contribution is 5.72. The van der Waals surface area contributed by atoms with Gasteiger partial charge in [0.15, 0.2) is 0 Å². The van der Waals surface area contributed by atoms with Crippen LogP contribution in [0.5, 0.6) is 0 Å². The van der Waals surface area contributed by atoms with Crippen molar-refractivity contribution in [3.8, 4) is 22.8 Å². The third-order valence-corrected chi connectivity index (χ3v) is 2.77. The Kier molecular flexibility index (Phi) is 2.90. The van der Waals surface area contributed by atoms with Gasteiger partial charge in [0.25, 0.3) is 5.89 Å². The molecule has 0 radical (unpaired) electrons. The Bertz CT molecular complexity index is 750. The number of nitrogen functional groups attached to an aromatic ring is 1. The lowest BCUT2D eigenvalue weighted by atomic mass is 10.1. The van der Waals surface area contributed by atoms with Crippen LogP contribution in [-0.2, 0) is 0 Å². The highest BCUT2D eigenvalue weighted by Crippen LogP contribution is 2.29. The summed E-state index contributed by atoms with van der Waals surface area (Å²) in [5.41, 5.74) is 6.38. The van der Waals surface area contributed by atoms with Crippen LogP contribution >= 0.6 is 0 Å². The second-order valence-electron chi connectivity index (χ2n) is 4.14. The fourth-order valence-corrected chi connectivity index (χ4v) is 1.84. The largest absolute Gasteiger partial charge is 0.398 e. The summed E-state index contributed by atoms with van der Waals surface area (Å²) in [6, 6.07) is 9.99. The lowest BCUT2D eigenvalue weighted by molar-refractivity contribution is 0.430. The zero-order valence-corrected chi connectivity index (χ0v) is 10.2. The van der Waals surface area contributed by atoms with E-state index in [0.717, 1.165) is 0 Å². The summed E-state index contributed by atoms with van der Waals surface area (Å²) in [6.45, 7) is 0. The summed E-state index contributed by atoms with van der Waals surface area (Å²) < 4.78 is 31.9. The standard InChI is InChI=1S/C14H9F2N3O/c15-9-4-1-3-8(7-9)13-18-14(20-19-13)12-10(16)5-2-6-11(12)17/h1-7H,17H2. The molecule has 0 bridgehead atoms. The van der Waals surface area contributed by atoms with Gasteiger partial charge in [-0.25, -0.2) is 8.78 Å². The van der Waals surface area contributed by atoms with Gasteiger partial charge in [-0.05, 0) is 24.3 Å². The molecule has 2 aromatic carbocycles. The van der Waals surface area contributed by atoms with Crippen molar-refractivity contribution in [2.75, 3.05) is 5.73 Å². The molecule has 0 spiro atoms. The zero-order valence-electron chi connectivity index (χ0n) is 10.2. The Balaban J connectivity index is 2.07. The van der Waals surface area contributed by atoms with Crippen LogP contribution in [0.2, 0.25) is 0 Å². The molecular weight excluding hydrogens is 264 g/mol. The molecule has 0 aliphatic carbocycles. The molecule has 4 nitrogen and oxygen atoms in total. The quantitative estimate of drug-likeness (QED) is 0.728. The third kappa shape index (κ3) is 2.11. The Morgan fingerprint density at radius 3 is 2.60 bits per heavy atom. The molecule has 1 aromatic heterocycles. The highest BCUT2D eigenvalue weighted by atomic mass is 19.1. The Morgan fingerprint density at radius 1 is 1.05 bits per heavy atom. The lowest BCUT2D eigenvalue weighted by Crippen LogP contribution is -1.93. The van der Waals surface area contributed by atoms with Gasteiger partial charge in [0.05, 0.1) is 5.56 Å². The molecule has 2 N–H and O–H groups in total. The fourth-order valence-electron chi connectivity index (χ4n) is 1.84. The van der Waals surface area contributed by atoms with Crippen LogP contribution in [0.4, 0.5) is 14.5 Å². The lowest BCUT2D eigenvalue weighted by Gasteiger charge is -2.00. The fraction of sp³-hybridized carbons (Fsp3) is 0. The first-order valence-electron chi connectivity index (χ1n) is 5.79. The van der Waals surface area contributed by atoms with Gasteiger partial charge in [-0.3, -0.25) is 0 Å². The van der Waals surface area contributed by atoms with E-state index in [0.29, 0.717) is 5.56 Å². The smallest absolute Gasteiger partial charge is 0.263 e. The van der Waals surface area contributed by atoms with Crippen LogP contribution in [-0.4, -0.2) is 10.1 Å². The van der Waals surface area contributed by atoms with Crippen molar-refractivity contribution in [3.63, 3.8) is 0 Å². The molecule has 0 aliphatic rings. The van der Waals surface area contributed by atoms with E-state index in [2.05, 4.69) is 10.1 Å². The normalized spacial score (nSPS) is 10.7. The number of halogens is 2. The molecule has 1 heterocycles. The van der Waals surface area contributed by atoms with Gasteiger partial charge >= 0.3 is 0 Å². The Labute approximate surface area is 112 Å². The Hall–Kier alpha value is -2.76. The van der Waals surface area contributed by atoms with Crippen LogP contribution in [0.3, 0.4) is 0 Å². The number of anilines is 1. The maximum Gasteiger partial charge on any atom is 0.263 e. The molecule has 3 aromatic rings. The summed E-state index contributed by atoms with van der Waals surface area (Å²) in [5, 5.41) is 3.71. The van der Waals surface area contributed by atoms with Gasteiger partial charge in [-0.1, -0.05) is 23.4 Å². The molecule has 0 aliphatic heterocycles. The van der Waals surface area contributed by atoms with E-state index in [9.17, 15) is 8.78 Å². The molecule has 0 fully saturated rings. The summed E-state index contributed by atoms with van der Waals surface area (Å²) in [6.07, 6.45) is 0. The van der Waals surface area contributed by atoms with E-state index in [1.54, 1.807) is 6.07 Å². The predicted molar refractivity (Wildman–Crippen MR) is 69.5 cm³/mol. The molecule has 0 saturated carbocycles. The van der Waals surface area contributed by atoms with Gasteiger partial charge in [-0.15, -0.1) is 0 Å². The number of benzene rings is 2. The summed E-state index contributed by atoms with van der Waals surface area (Å²) >= 11 is 0. The summed E-state index contributed by atoms with van der Waals surface area (Å²) in [5.74, 6) is -0.847. The van der Waals surface area contributed by atoms with Crippen molar-refractivity contribution in [2.24, 2.45) is 0 Å². The SMILES string of the molecule is Nc1cccc(F)c1-c1nc(-c2cccc(F)c2)no1. The summed E-state index contributed by atoms with van der Waals surface area (Å²) in [4.78, 5) is 4.05. The average molecular weight is 273 g/mol. The number of nitrogens with two attached hydrogens (primary N) is 1. The first-order valence-corrected chi connectivity index (χ1v) is 5.79. The van der Waals surface area contributed by atoms with Gasteiger partial charge in [0.1, 0.15) is 11.6 Å². The summed E-state index contributed by atoms with van der Waals surface area (Å²) in [7, 11) is 0. The van der Waals surface area contributed by atoms with Crippen LogP contribution in [0.1, 0.15) is 0 Å². The number of hydrogen-bond donors (Lipinski definition) is 1. The monoisotopic (exact) mass is 273 g/mol. The molecule has 0 saturated heterocycles. The zero-order chi connectivity index (χ0) is 14.1. The molecule has 0 unspecified atom stereocenters. The van der Waals surface area contributed by atoms with Crippen molar-refractivity contribution in [2.45, 2.75) is 0 Å². The molecule has 0 amide bonds. The second-order valence-corrected chi connectivity index (χ2v) is 4.14. The van der Waals surface area contributed by atoms with Gasteiger partial charge in [0.2, 0.25) is 5.82 Å². The number of nitrogens with zero attached hydrogens (tertiary/aromatic N) is 2. The van der Waals surface area contributed by atoms with E-state index in [4.69, 9.17) is 10.3 Å². The van der Waals surface area contributed by atoms with E-state index >= 15 is 0 Å². The second kappa shape index (κ2) is 4.73. The molecule has 0 atom stereocenters. The van der Waals surface area contributed by atoms with Gasteiger partial charge < -0.3 is 10.3 Å². The molecule has 100 valence electrons. The molecule has 6 heteroatoms. The third-order valence-electron chi connectivity index (χ3n) is 2.77. The molecule has 20 heavy (non-hydrogen) atoms. The van der Waals surface area contributed by atoms with Crippen molar-refractivity contribution in [1.82, 2.24) is 10.1 Å². The van der Waals surface area contributed by atoms with Crippen molar-refractivity contribution >= 4 is 5.69 Å². The molecular formula is C14H9F2N3O. The first-order chi connectivity index (χ1) is 9.65. The van der Waals surface area contributed by atoms with Gasteiger partial charge in [-0.2, -0.15) is 4.98 Å². The van der Waals surface area contributed by atoms with Crippen molar-refractivity contribution in [1.29, 1.82) is 0 Å². The number of rotatable bonds is 2. The van der Waals surface area contributed by atoms with Crippen LogP contribution in [0.25, 0.3) is 22.8 Å². The van der Waals surface area contributed by atoms with Crippen molar-refractivity contribution in [3.05, 3.63) is 54.1 Å². The number of aromatic nitrogens is 2. The molecule has 3 rings (SSSR count). The van der Waals surface area contributed by atoms with Crippen LogP contribution < -0.4 is 5.73 Å². The highest BCUT2D eigenvalue weighted by Gasteiger charge is 2.17. The van der Waals surface area contributed by atoms with Crippen LogP contribution in [0.15, 0.2) is 47.0 Å². The van der Waals surface area contributed by atoms with E-state index in [1.807, 2.05) is 0 Å². The topological polar surface area (TPSA) is 64.9 Å². The van der Waals surface area contributed by atoms with Gasteiger partial charge in [0, 0.05) is 11.3 Å². The maximum atomic E-state index is 13.7.